The largest absolute Gasteiger partial charge is 0.369 e. The van der Waals surface area contributed by atoms with Crippen LogP contribution in [-0.4, -0.2) is 70.2 Å². The summed E-state index contributed by atoms with van der Waals surface area (Å²) < 4.78 is 24.9. The number of nitrogens with one attached hydrogen (secondary N) is 2. The highest BCUT2D eigenvalue weighted by Crippen LogP contribution is 2.23. The summed E-state index contributed by atoms with van der Waals surface area (Å²) in [5, 5.41) is 7.66. The highest BCUT2D eigenvalue weighted by atomic mass is 127. The van der Waals surface area contributed by atoms with Crippen LogP contribution in [0.2, 0.25) is 5.02 Å². The molecule has 2 N–H and O–H groups in total. The fourth-order valence-electron chi connectivity index (χ4n) is 3.94. The van der Waals surface area contributed by atoms with E-state index >= 15 is 0 Å². The van der Waals surface area contributed by atoms with Gasteiger partial charge in [0.2, 0.25) is 10.0 Å². The lowest BCUT2D eigenvalue weighted by Crippen LogP contribution is -2.45. The highest BCUT2D eigenvalue weighted by Gasteiger charge is 2.26. The van der Waals surface area contributed by atoms with E-state index in [4.69, 9.17) is 16.6 Å². The molecule has 0 saturated carbocycles. The Balaban J connectivity index is 0.00000320. The van der Waals surface area contributed by atoms with Crippen LogP contribution in [0.3, 0.4) is 0 Å². The summed E-state index contributed by atoms with van der Waals surface area (Å²) >= 11 is 6.13. The zero-order valence-electron chi connectivity index (χ0n) is 17.7. The summed E-state index contributed by atoms with van der Waals surface area (Å²) in [7, 11) is -3.08. The van der Waals surface area contributed by atoms with Crippen molar-refractivity contribution in [3.05, 3.63) is 29.3 Å². The van der Waals surface area contributed by atoms with Crippen molar-refractivity contribution in [2.24, 2.45) is 10.9 Å². The number of sulfonamides is 1. The van der Waals surface area contributed by atoms with Crippen LogP contribution in [0.5, 0.6) is 0 Å². The van der Waals surface area contributed by atoms with Crippen LogP contribution in [0.1, 0.15) is 26.2 Å². The molecule has 0 aromatic heterocycles. The summed E-state index contributed by atoms with van der Waals surface area (Å²) in [6, 6.07) is 8.31. The van der Waals surface area contributed by atoms with Gasteiger partial charge in [-0.05, 0) is 50.3 Å². The van der Waals surface area contributed by atoms with E-state index in [2.05, 4.69) is 28.5 Å². The van der Waals surface area contributed by atoms with E-state index in [0.29, 0.717) is 25.0 Å². The maximum atomic E-state index is 11.7. The Morgan fingerprint density at radius 2 is 1.97 bits per heavy atom. The van der Waals surface area contributed by atoms with Crippen molar-refractivity contribution in [2.75, 3.05) is 50.4 Å². The topological polar surface area (TPSA) is 77.0 Å². The second kappa shape index (κ2) is 11.7. The molecule has 0 amide bonds. The number of hydrogen-bond acceptors (Lipinski definition) is 4. The predicted molar refractivity (Wildman–Crippen MR) is 136 cm³/mol. The molecule has 2 fully saturated rings. The normalized spacial score (nSPS) is 21.4. The molecule has 7 nitrogen and oxygen atoms in total. The Bertz CT molecular complexity index is 815. The van der Waals surface area contributed by atoms with Gasteiger partial charge in [-0.25, -0.2) is 12.7 Å². The molecule has 2 saturated heterocycles. The molecule has 10 heteroatoms. The van der Waals surface area contributed by atoms with Gasteiger partial charge in [0.1, 0.15) is 0 Å². The lowest BCUT2D eigenvalue weighted by Gasteiger charge is -2.29. The molecule has 1 unspecified atom stereocenters. The molecule has 1 aromatic carbocycles. The van der Waals surface area contributed by atoms with E-state index in [1.165, 1.54) is 6.26 Å². The number of halogens is 2. The third-order valence-electron chi connectivity index (χ3n) is 5.60. The van der Waals surface area contributed by atoms with Crippen LogP contribution in [0.4, 0.5) is 5.69 Å². The van der Waals surface area contributed by atoms with Crippen LogP contribution >= 0.6 is 35.6 Å². The van der Waals surface area contributed by atoms with Gasteiger partial charge in [0.15, 0.2) is 5.96 Å². The van der Waals surface area contributed by atoms with Crippen LogP contribution < -0.4 is 15.5 Å². The number of rotatable bonds is 6. The van der Waals surface area contributed by atoms with E-state index in [9.17, 15) is 8.42 Å². The predicted octanol–water partition coefficient (Wildman–Crippen LogP) is 2.76. The summed E-state index contributed by atoms with van der Waals surface area (Å²) in [5.41, 5.74) is 1.15. The average Bonchev–Trinajstić information content (AvgIpc) is 3.14. The molecule has 2 heterocycles. The second-order valence-electron chi connectivity index (χ2n) is 7.88. The number of hydrogen-bond donors (Lipinski definition) is 2. The Morgan fingerprint density at radius 1 is 1.23 bits per heavy atom. The SMILES string of the molecule is CCNC(=NCC1CCN(S(C)(=O)=O)CC1)NC1CCN(c2cccc(Cl)c2)C1.I. The van der Waals surface area contributed by atoms with Gasteiger partial charge in [-0.2, -0.15) is 0 Å². The van der Waals surface area contributed by atoms with Gasteiger partial charge in [-0.1, -0.05) is 17.7 Å². The van der Waals surface area contributed by atoms with Crippen LogP contribution in [0, 0.1) is 5.92 Å². The highest BCUT2D eigenvalue weighted by molar-refractivity contribution is 14.0. The van der Waals surface area contributed by atoms with Gasteiger partial charge < -0.3 is 15.5 Å². The molecule has 2 aliphatic rings. The van der Waals surface area contributed by atoms with Crippen molar-refractivity contribution in [3.8, 4) is 0 Å². The van der Waals surface area contributed by atoms with Gasteiger partial charge in [-0.3, -0.25) is 4.99 Å². The smallest absolute Gasteiger partial charge is 0.211 e. The van der Waals surface area contributed by atoms with E-state index in [1.807, 2.05) is 18.2 Å². The fourth-order valence-corrected chi connectivity index (χ4v) is 5.00. The summed E-state index contributed by atoms with van der Waals surface area (Å²) in [6.07, 6.45) is 4.06. The monoisotopic (exact) mass is 569 g/mol. The maximum Gasteiger partial charge on any atom is 0.211 e. The molecule has 3 rings (SSSR count). The minimum Gasteiger partial charge on any atom is -0.369 e. The number of nitrogens with zero attached hydrogens (tertiary/aromatic N) is 3. The first-order valence-corrected chi connectivity index (χ1v) is 12.6. The van der Waals surface area contributed by atoms with Crippen LogP contribution in [-0.2, 0) is 10.0 Å². The molecule has 1 aromatic rings. The van der Waals surface area contributed by atoms with Crippen molar-refractivity contribution >= 4 is 57.2 Å². The lowest BCUT2D eigenvalue weighted by molar-refractivity contribution is 0.280. The number of anilines is 1. The molecule has 2 aliphatic heterocycles. The summed E-state index contributed by atoms with van der Waals surface area (Å²) in [6.45, 7) is 6.69. The standard InChI is InChI=1S/C20H32ClN5O2S.HI/c1-3-22-20(23-14-16-7-11-26(12-8-16)29(2,27)28)24-18-9-10-25(15-18)19-6-4-5-17(21)13-19;/h4-6,13,16,18H,3,7-12,14-15H2,1-2H3,(H2,22,23,24);1H. The van der Waals surface area contributed by atoms with Crippen molar-refractivity contribution in [3.63, 3.8) is 0 Å². The third-order valence-corrected chi connectivity index (χ3v) is 7.14. The molecule has 1 atom stereocenters. The Labute approximate surface area is 202 Å². The molecule has 0 bridgehead atoms. The van der Waals surface area contributed by atoms with E-state index in [-0.39, 0.29) is 24.0 Å². The first kappa shape index (κ1) is 25.5. The average molecular weight is 570 g/mol. The van der Waals surface area contributed by atoms with Gasteiger partial charge in [0, 0.05) is 56.0 Å². The summed E-state index contributed by atoms with van der Waals surface area (Å²) in [5.74, 6) is 1.27. The van der Waals surface area contributed by atoms with Gasteiger partial charge >= 0.3 is 0 Å². The van der Waals surface area contributed by atoms with E-state index in [1.54, 1.807) is 4.31 Å². The fraction of sp³-hybridized carbons (Fsp3) is 0.650. The van der Waals surface area contributed by atoms with Crippen molar-refractivity contribution in [2.45, 2.75) is 32.2 Å². The van der Waals surface area contributed by atoms with Gasteiger partial charge in [0.05, 0.1) is 6.26 Å². The molecule has 0 aliphatic carbocycles. The Morgan fingerprint density at radius 3 is 2.60 bits per heavy atom. The molecule has 0 radical (unpaired) electrons. The lowest BCUT2D eigenvalue weighted by atomic mass is 9.98. The van der Waals surface area contributed by atoms with Crippen LogP contribution in [0.15, 0.2) is 29.3 Å². The first-order chi connectivity index (χ1) is 13.8. The maximum absolute atomic E-state index is 11.7. The number of piperidine rings is 1. The van der Waals surface area contributed by atoms with Crippen LogP contribution in [0.25, 0.3) is 0 Å². The number of aliphatic imine (C=N–C) groups is 1. The Kier molecular flexibility index (Phi) is 9.96. The van der Waals surface area contributed by atoms with Gasteiger partial charge in [0.25, 0.3) is 0 Å². The Hall–Kier alpha value is -0.780. The minimum atomic E-state index is -3.08. The van der Waals surface area contributed by atoms with Crippen molar-refractivity contribution in [1.29, 1.82) is 0 Å². The second-order valence-corrected chi connectivity index (χ2v) is 10.3. The van der Waals surface area contributed by atoms with Crippen molar-refractivity contribution < 1.29 is 8.42 Å². The van der Waals surface area contributed by atoms with Crippen molar-refractivity contribution in [1.82, 2.24) is 14.9 Å². The molecular formula is C20H33ClIN5O2S. The number of guanidine groups is 1. The first-order valence-electron chi connectivity index (χ1n) is 10.4. The molecular weight excluding hydrogens is 537 g/mol. The minimum absolute atomic E-state index is 0. The zero-order valence-corrected chi connectivity index (χ0v) is 21.6. The summed E-state index contributed by atoms with van der Waals surface area (Å²) in [4.78, 5) is 7.13. The number of benzene rings is 1. The van der Waals surface area contributed by atoms with E-state index < -0.39 is 10.0 Å². The van der Waals surface area contributed by atoms with Gasteiger partial charge in [-0.15, -0.1) is 24.0 Å². The van der Waals surface area contributed by atoms with E-state index in [0.717, 1.165) is 62.1 Å². The third kappa shape index (κ3) is 7.42. The quantitative estimate of drug-likeness (QED) is 0.313. The molecule has 0 spiro atoms. The molecule has 30 heavy (non-hydrogen) atoms. The zero-order chi connectivity index (χ0) is 20.9. The molecule has 170 valence electrons.